The number of carbonyl (C=O) groups is 2. The van der Waals surface area contributed by atoms with E-state index >= 15 is 0 Å². The van der Waals surface area contributed by atoms with Gasteiger partial charge in [0, 0.05) is 30.3 Å². The van der Waals surface area contributed by atoms with Gasteiger partial charge >= 0.3 is 0 Å². The Labute approximate surface area is 175 Å². The fourth-order valence-corrected chi connectivity index (χ4v) is 3.09. The van der Waals surface area contributed by atoms with Gasteiger partial charge in [-0.15, -0.1) is 0 Å². The zero-order chi connectivity index (χ0) is 20.4. The number of para-hydroxylation sites is 2. The molecule has 0 atom stereocenters. The number of hydrogen-bond acceptors (Lipinski definition) is 4. The van der Waals surface area contributed by atoms with Crippen LogP contribution in [0.15, 0.2) is 59.1 Å². The van der Waals surface area contributed by atoms with Gasteiger partial charge in [-0.1, -0.05) is 30.3 Å². The van der Waals surface area contributed by atoms with E-state index in [-0.39, 0.29) is 24.9 Å². The van der Waals surface area contributed by atoms with Crippen LogP contribution in [0.25, 0.3) is 0 Å². The first-order chi connectivity index (χ1) is 13.5. The molecule has 0 saturated heterocycles. The molecular formula is C21H27BrN4O2. The lowest BCUT2D eigenvalue weighted by atomic mass is 10.3. The molecular weight excluding hydrogens is 420 g/mol. The Morgan fingerprint density at radius 3 is 2.29 bits per heavy atom. The Balaban J connectivity index is 1.63. The maximum absolute atomic E-state index is 12.1. The van der Waals surface area contributed by atoms with Crippen LogP contribution in [-0.2, 0) is 9.59 Å². The van der Waals surface area contributed by atoms with Gasteiger partial charge in [0.05, 0.1) is 18.8 Å². The second-order valence-electron chi connectivity index (χ2n) is 6.66. The predicted molar refractivity (Wildman–Crippen MR) is 118 cm³/mol. The summed E-state index contributed by atoms with van der Waals surface area (Å²) in [7, 11) is 3.79. The molecule has 2 N–H and O–H groups in total. The molecule has 2 rings (SSSR count). The average Bonchev–Trinajstić information content (AvgIpc) is 2.67. The third-order valence-electron chi connectivity index (χ3n) is 4.16. The van der Waals surface area contributed by atoms with Crippen molar-refractivity contribution in [1.29, 1.82) is 0 Å². The smallest absolute Gasteiger partial charge is 0.238 e. The van der Waals surface area contributed by atoms with Crippen LogP contribution in [0.5, 0.6) is 0 Å². The number of anilines is 2. The van der Waals surface area contributed by atoms with Gasteiger partial charge in [-0.05, 0) is 53.7 Å². The van der Waals surface area contributed by atoms with Gasteiger partial charge in [0.25, 0.3) is 0 Å². The number of likely N-dealkylation sites (N-methyl/N-ethyl adjacent to an activating group) is 1. The van der Waals surface area contributed by atoms with Crippen molar-refractivity contribution in [3.05, 3.63) is 59.1 Å². The maximum Gasteiger partial charge on any atom is 0.238 e. The van der Waals surface area contributed by atoms with Gasteiger partial charge in [-0.2, -0.15) is 0 Å². The van der Waals surface area contributed by atoms with Gasteiger partial charge in [0.2, 0.25) is 11.8 Å². The molecule has 6 nitrogen and oxygen atoms in total. The first-order valence-corrected chi connectivity index (χ1v) is 10.0. The molecule has 0 aliphatic heterocycles. The predicted octanol–water partition coefficient (Wildman–Crippen LogP) is 2.96. The molecule has 0 aliphatic rings. The Bertz CT molecular complexity index is 770. The monoisotopic (exact) mass is 446 g/mol. The van der Waals surface area contributed by atoms with Crippen molar-refractivity contribution in [3.63, 3.8) is 0 Å². The van der Waals surface area contributed by atoms with Gasteiger partial charge in [-0.3, -0.25) is 14.5 Å². The fraction of sp³-hybridized carbons (Fsp3) is 0.333. The van der Waals surface area contributed by atoms with Gasteiger partial charge < -0.3 is 15.5 Å². The highest BCUT2D eigenvalue weighted by atomic mass is 79.9. The largest absolute Gasteiger partial charge is 0.375 e. The zero-order valence-corrected chi connectivity index (χ0v) is 17.9. The van der Waals surface area contributed by atoms with Crippen molar-refractivity contribution in [2.24, 2.45) is 0 Å². The van der Waals surface area contributed by atoms with Crippen molar-refractivity contribution in [3.8, 4) is 0 Å². The van der Waals surface area contributed by atoms with Crippen LogP contribution in [0, 0.1) is 0 Å². The van der Waals surface area contributed by atoms with E-state index in [0.29, 0.717) is 12.2 Å². The van der Waals surface area contributed by atoms with E-state index in [0.717, 1.165) is 23.1 Å². The number of carbonyl (C=O) groups excluding carboxylic acids is 2. The van der Waals surface area contributed by atoms with Crippen molar-refractivity contribution in [2.45, 2.75) is 6.42 Å². The van der Waals surface area contributed by atoms with E-state index in [2.05, 4.69) is 43.6 Å². The summed E-state index contributed by atoms with van der Waals surface area (Å²) in [6.45, 7) is 1.78. The van der Waals surface area contributed by atoms with E-state index in [1.54, 1.807) is 11.9 Å². The summed E-state index contributed by atoms with van der Waals surface area (Å²) in [5.74, 6) is -0.245. The second kappa shape index (κ2) is 11.5. The lowest BCUT2D eigenvalue weighted by Crippen LogP contribution is -2.39. The number of hydrogen-bond donors (Lipinski definition) is 2. The van der Waals surface area contributed by atoms with E-state index in [1.165, 1.54) is 0 Å². The van der Waals surface area contributed by atoms with Crippen LogP contribution in [0.3, 0.4) is 0 Å². The SMILES string of the molecule is CN(CC(=O)NCCCN(C)c1ccccc1)CC(=O)Nc1ccccc1Br. The van der Waals surface area contributed by atoms with E-state index in [9.17, 15) is 9.59 Å². The van der Waals surface area contributed by atoms with Gasteiger partial charge in [0.15, 0.2) is 0 Å². The molecule has 28 heavy (non-hydrogen) atoms. The Morgan fingerprint density at radius 2 is 1.57 bits per heavy atom. The summed E-state index contributed by atoms with van der Waals surface area (Å²) in [4.78, 5) is 28.0. The van der Waals surface area contributed by atoms with Crippen molar-refractivity contribution in [1.82, 2.24) is 10.2 Å². The molecule has 2 aromatic carbocycles. The lowest BCUT2D eigenvalue weighted by Gasteiger charge is -2.19. The molecule has 0 fully saturated rings. The van der Waals surface area contributed by atoms with Crippen LogP contribution in [0.1, 0.15) is 6.42 Å². The highest BCUT2D eigenvalue weighted by molar-refractivity contribution is 9.10. The second-order valence-corrected chi connectivity index (χ2v) is 7.52. The summed E-state index contributed by atoms with van der Waals surface area (Å²) >= 11 is 3.40. The molecule has 0 aliphatic carbocycles. The number of amides is 2. The summed E-state index contributed by atoms with van der Waals surface area (Å²) in [5, 5.41) is 5.74. The number of benzene rings is 2. The molecule has 0 unspecified atom stereocenters. The van der Waals surface area contributed by atoms with Crippen molar-refractivity contribution in [2.75, 3.05) is 50.5 Å². The quantitative estimate of drug-likeness (QED) is 0.550. The van der Waals surface area contributed by atoms with Crippen LogP contribution in [-0.4, -0.2) is 57.0 Å². The Kier molecular flexibility index (Phi) is 8.97. The van der Waals surface area contributed by atoms with Gasteiger partial charge in [-0.25, -0.2) is 0 Å². The average molecular weight is 447 g/mol. The van der Waals surface area contributed by atoms with Crippen molar-refractivity contribution < 1.29 is 9.59 Å². The van der Waals surface area contributed by atoms with E-state index in [4.69, 9.17) is 0 Å². The molecule has 150 valence electrons. The summed E-state index contributed by atoms with van der Waals surface area (Å²) in [6, 6.07) is 17.6. The third kappa shape index (κ3) is 7.70. The number of halogens is 1. The normalized spacial score (nSPS) is 10.6. The van der Waals surface area contributed by atoms with E-state index in [1.807, 2.05) is 49.5 Å². The topological polar surface area (TPSA) is 64.7 Å². The van der Waals surface area contributed by atoms with Gasteiger partial charge in [0.1, 0.15) is 0 Å². The molecule has 0 aromatic heterocycles. The van der Waals surface area contributed by atoms with Crippen LogP contribution in [0.2, 0.25) is 0 Å². The molecule has 0 bridgehead atoms. The molecule has 2 amide bonds. The summed E-state index contributed by atoms with van der Waals surface area (Å²) in [6.07, 6.45) is 0.851. The third-order valence-corrected chi connectivity index (χ3v) is 4.86. The first kappa shape index (κ1) is 21.9. The summed E-state index contributed by atoms with van der Waals surface area (Å²) < 4.78 is 0.823. The fourth-order valence-electron chi connectivity index (χ4n) is 2.71. The number of nitrogens with zero attached hydrogens (tertiary/aromatic N) is 2. The van der Waals surface area contributed by atoms with Crippen LogP contribution >= 0.6 is 15.9 Å². The molecule has 0 heterocycles. The standard InChI is InChI=1S/C21H27BrN4O2/c1-25(16-21(28)24-19-12-7-6-11-18(19)22)15-20(27)23-13-8-14-26(2)17-9-4-3-5-10-17/h3-7,9-12H,8,13-16H2,1-2H3,(H,23,27)(H,24,28). The number of nitrogens with one attached hydrogen (secondary N) is 2. The maximum atomic E-state index is 12.1. The number of rotatable bonds is 10. The Hall–Kier alpha value is -2.38. The lowest BCUT2D eigenvalue weighted by molar-refractivity contribution is -0.122. The molecule has 2 aromatic rings. The van der Waals surface area contributed by atoms with Crippen molar-refractivity contribution >= 4 is 39.1 Å². The zero-order valence-electron chi connectivity index (χ0n) is 16.3. The van der Waals surface area contributed by atoms with E-state index < -0.39 is 0 Å². The van der Waals surface area contributed by atoms with Crippen LogP contribution < -0.4 is 15.5 Å². The minimum Gasteiger partial charge on any atom is -0.375 e. The summed E-state index contributed by atoms with van der Waals surface area (Å²) in [5.41, 5.74) is 1.87. The molecule has 0 radical (unpaired) electrons. The minimum absolute atomic E-state index is 0.0847. The highest BCUT2D eigenvalue weighted by Crippen LogP contribution is 2.20. The molecule has 0 saturated carbocycles. The highest BCUT2D eigenvalue weighted by Gasteiger charge is 2.11. The molecule has 0 spiro atoms. The molecule has 7 heteroatoms. The van der Waals surface area contributed by atoms with Crippen LogP contribution in [0.4, 0.5) is 11.4 Å². The minimum atomic E-state index is -0.160. The first-order valence-electron chi connectivity index (χ1n) is 9.21. The Morgan fingerprint density at radius 1 is 0.929 bits per heavy atom.